The molecule has 9 rings (SSSR count). The summed E-state index contributed by atoms with van der Waals surface area (Å²) in [5.41, 5.74) is 5.66. The Morgan fingerprint density at radius 1 is 0.831 bits per heavy atom. The molecule has 1 atom stereocenters. The van der Waals surface area contributed by atoms with E-state index in [1.165, 1.54) is 12.8 Å². The van der Waals surface area contributed by atoms with Crippen molar-refractivity contribution >= 4 is 34.2 Å². The SMILES string of the molecule is COc1cc2c(-c3cc(OC)c(CN4CCC(CN5CCC6(CC5)CN(c5ccc7c(c5)C(=O)N(C5CCC(=O)NC5=O)C7)C6)CC4)c(OC)c3)cn(C)c(=O)c2cn1. The molecular formula is C45H53N7O7. The number of rotatable bonds is 10. The Morgan fingerprint density at radius 2 is 1.56 bits per heavy atom. The molecule has 7 heterocycles. The molecule has 1 spiro atoms. The molecule has 310 valence electrons. The number of amides is 3. The van der Waals surface area contributed by atoms with Gasteiger partial charge in [0.05, 0.1) is 32.3 Å². The van der Waals surface area contributed by atoms with E-state index < -0.39 is 6.04 Å². The largest absolute Gasteiger partial charge is 0.496 e. The normalized spacial score (nSPS) is 21.2. The third-order valence-corrected chi connectivity index (χ3v) is 13.6. The van der Waals surface area contributed by atoms with Crippen LogP contribution in [-0.4, -0.2) is 115 Å². The number of aromatic nitrogens is 2. The van der Waals surface area contributed by atoms with E-state index >= 15 is 0 Å². The van der Waals surface area contributed by atoms with E-state index in [0.29, 0.717) is 41.1 Å². The molecule has 3 amide bonds. The van der Waals surface area contributed by atoms with Gasteiger partial charge in [-0.2, -0.15) is 0 Å². The van der Waals surface area contributed by atoms with Crippen molar-refractivity contribution in [2.45, 2.75) is 57.7 Å². The number of methoxy groups -OCH3 is 3. The smallest absolute Gasteiger partial charge is 0.259 e. The first-order chi connectivity index (χ1) is 28.5. The monoisotopic (exact) mass is 803 g/mol. The number of pyridine rings is 2. The number of carbonyl (C=O) groups excluding carboxylic acids is 3. The predicted octanol–water partition coefficient (Wildman–Crippen LogP) is 4.20. The second kappa shape index (κ2) is 15.6. The molecule has 4 aromatic rings. The quantitative estimate of drug-likeness (QED) is 0.231. The van der Waals surface area contributed by atoms with Crippen LogP contribution in [0, 0.1) is 11.3 Å². The van der Waals surface area contributed by atoms with Crippen LogP contribution >= 0.6 is 0 Å². The summed E-state index contributed by atoms with van der Waals surface area (Å²) in [7, 11) is 6.70. The van der Waals surface area contributed by atoms with Crippen molar-refractivity contribution in [3.63, 3.8) is 0 Å². The fraction of sp³-hybridized carbons (Fsp3) is 0.489. The van der Waals surface area contributed by atoms with E-state index in [-0.39, 0.29) is 29.7 Å². The minimum absolute atomic E-state index is 0.118. The van der Waals surface area contributed by atoms with Gasteiger partial charge in [-0.1, -0.05) is 6.07 Å². The van der Waals surface area contributed by atoms with Crippen LogP contribution in [0.3, 0.4) is 0 Å². The number of carbonyl (C=O) groups is 3. The van der Waals surface area contributed by atoms with Gasteiger partial charge in [-0.25, -0.2) is 4.98 Å². The van der Waals surface area contributed by atoms with Gasteiger partial charge in [0.15, 0.2) is 0 Å². The fourth-order valence-corrected chi connectivity index (χ4v) is 10.1. The van der Waals surface area contributed by atoms with Gasteiger partial charge in [0.25, 0.3) is 11.5 Å². The number of nitrogens with zero attached hydrogens (tertiary/aromatic N) is 6. The maximum Gasteiger partial charge on any atom is 0.259 e. The summed E-state index contributed by atoms with van der Waals surface area (Å²) in [5, 5.41) is 3.66. The standard InChI is InChI=1S/C45H53N7O7/c1-48-24-35(33-20-41(59-4)46-21-34(33)43(48)55)30-17-38(57-2)36(39(18-30)58-3)25-49-13-9-28(10-14-49)22-50-15-11-45(12-16-50)26-51(27-45)31-6-5-29-23-52(44(56)32(29)19-31)37-7-8-40(53)47-42(37)54/h5-6,17-21,24,28,37H,7-16,22-23,25-27H2,1-4H3,(H,47,53,54). The third kappa shape index (κ3) is 7.30. The number of likely N-dealkylation sites (tertiary alicyclic amines) is 2. The zero-order chi connectivity index (χ0) is 41.0. The predicted molar refractivity (Wildman–Crippen MR) is 223 cm³/mol. The van der Waals surface area contributed by atoms with Crippen LogP contribution in [0.15, 0.2) is 53.6 Å². The number of fused-ring (bicyclic) bond motifs is 2. The van der Waals surface area contributed by atoms with Gasteiger partial charge in [-0.15, -0.1) is 0 Å². The molecule has 0 saturated carbocycles. The fourth-order valence-electron chi connectivity index (χ4n) is 10.1. The van der Waals surface area contributed by atoms with Crippen molar-refractivity contribution in [2.24, 2.45) is 18.4 Å². The van der Waals surface area contributed by atoms with E-state index in [4.69, 9.17) is 14.2 Å². The maximum atomic E-state index is 13.4. The number of hydrogen-bond acceptors (Lipinski definition) is 11. The molecule has 0 aliphatic carbocycles. The highest BCUT2D eigenvalue weighted by atomic mass is 16.5. The Bertz CT molecular complexity index is 2350. The van der Waals surface area contributed by atoms with Crippen LogP contribution in [-0.2, 0) is 29.7 Å². The number of aryl methyl sites for hydroxylation is 1. The number of hydrogen-bond donors (Lipinski definition) is 1. The van der Waals surface area contributed by atoms with Gasteiger partial charge in [0.2, 0.25) is 17.7 Å². The van der Waals surface area contributed by atoms with Crippen molar-refractivity contribution in [1.29, 1.82) is 0 Å². The van der Waals surface area contributed by atoms with E-state index in [9.17, 15) is 19.2 Å². The molecule has 14 heteroatoms. The van der Waals surface area contributed by atoms with Gasteiger partial charge in [-0.05, 0) is 99.6 Å². The van der Waals surface area contributed by atoms with Crippen molar-refractivity contribution < 1.29 is 28.6 Å². The topological polar surface area (TPSA) is 139 Å². The number of imide groups is 1. The van der Waals surface area contributed by atoms with Crippen LogP contribution in [0.5, 0.6) is 17.4 Å². The van der Waals surface area contributed by atoms with E-state index in [1.807, 2.05) is 30.5 Å². The van der Waals surface area contributed by atoms with Crippen LogP contribution in [0.4, 0.5) is 5.69 Å². The first kappa shape index (κ1) is 39.0. The lowest BCUT2D eigenvalue weighted by atomic mass is 9.71. The molecule has 2 aromatic heterocycles. The van der Waals surface area contributed by atoms with Crippen molar-refractivity contribution in [3.8, 4) is 28.5 Å². The maximum absolute atomic E-state index is 13.4. The summed E-state index contributed by atoms with van der Waals surface area (Å²) >= 11 is 0. The van der Waals surface area contributed by atoms with Gasteiger partial charge in [-0.3, -0.25) is 29.4 Å². The van der Waals surface area contributed by atoms with Crippen LogP contribution < -0.4 is 30.0 Å². The zero-order valence-electron chi connectivity index (χ0n) is 34.4. The first-order valence-electron chi connectivity index (χ1n) is 20.8. The number of anilines is 1. The Balaban J connectivity index is 0.773. The van der Waals surface area contributed by atoms with Gasteiger partial charge >= 0.3 is 0 Å². The Kier molecular flexibility index (Phi) is 10.3. The lowest BCUT2D eigenvalue weighted by molar-refractivity contribution is -0.136. The summed E-state index contributed by atoms with van der Waals surface area (Å²) < 4.78 is 18.9. The molecule has 59 heavy (non-hydrogen) atoms. The molecule has 5 aliphatic rings. The van der Waals surface area contributed by atoms with E-state index in [1.54, 1.807) is 50.1 Å². The highest BCUT2D eigenvalue weighted by molar-refractivity contribution is 6.05. The van der Waals surface area contributed by atoms with Crippen LogP contribution in [0.25, 0.3) is 21.9 Å². The molecule has 0 radical (unpaired) electrons. The van der Waals surface area contributed by atoms with Crippen molar-refractivity contribution in [1.82, 2.24) is 29.6 Å². The molecular weight excluding hydrogens is 751 g/mol. The Hall–Kier alpha value is -5.47. The second-order valence-electron chi connectivity index (χ2n) is 17.2. The molecule has 4 saturated heterocycles. The second-order valence-corrected chi connectivity index (χ2v) is 17.2. The van der Waals surface area contributed by atoms with Crippen LogP contribution in [0.1, 0.15) is 60.0 Å². The highest BCUT2D eigenvalue weighted by Gasteiger charge is 2.46. The summed E-state index contributed by atoms with van der Waals surface area (Å²) in [5.74, 6) is 1.85. The number of benzene rings is 2. The lowest BCUT2D eigenvalue weighted by Crippen LogP contribution is -2.60. The Labute approximate surface area is 344 Å². The van der Waals surface area contributed by atoms with Gasteiger partial charge in [0, 0.05) is 92.3 Å². The van der Waals surface area contributed by atoms with E-state index in [2.05, 4.69) is 31.1 Å². The molecule has 14 nitrogen and oxygen atoms in total. The summed E-state index contributed by atoms with van der Waals surface area (Å²) in [6.45, 7) is 8.54. The third-order valence-electron chi connectivity index (χ3n) is 13.6. The highest BCUT2D eigenvalue weighted by Crippen LogP contribution is 2.44. The summed E-state index contributed by atoms with van der Waals surface area (Å²) in [6.07, 6.45) is 8.71. The summed E-state index contributed by atoms with van der Waals surface area (Å²) in [4.78, 5) is 63.9. The minimum Gasteiger partial charge on any atom is -0.496 e. The zero-order valence-corrected chi connectivity index (χ0v) is 34.4. The molecule has 5 aliphatic heterocycles. The van der Waals surface area contributed by atoms with E-state index in [0.717, 1.165) is 110 Å². The number of ether oxygens (including phenoxy) is 3. The molecule has 0 bridgehead atoms. The molecule has 4 fully saturated rings. The van der Waals surface area contributed by atoms with Gasteiger partial charge < -0.3 is 33.5 Å². The number of nitrogens with one attached hydrogen (secondary N) is 1. The average Bonchev–Trinajstić information content (AvgIpc) is 3.56. The molecule has 2 aromatic carbocycles. The lowest BCUT2D eigenvalue weighted by Gasteiger charge is -2.55. The van der Waals surface area contributed by atoms with Crippen molar-refractivity contribution in [3.05, 3.63) is 75.8 Å². The molecule has 1 unspecified atom stereocenters. The van der Waals surface area contributed by atoms with Crippen LogP contribution in [0.2, 0.25) is 0 Å². The Morgan fingerprint density at radius 3 is 2.24 bits per heavy atom. The van der Waals surface area contributed by atoms with Crippen molar-refractivity contribution in [2.75, 3.05) is 72.0 Å². The minimum atomic E-state index is -0.592. The summed E-state index contributed by atoms with van der Waals surface area (Å²) in [6, 6.07) is 11.4. The first-order valence-corrected chi connectivity index (χ1v) is 20.8. The van der Waals surface area contributed by atoms with Gasteiger partial charge in [0.1, 0.15) is 17.5 Å². The number of piperidine rings is 3. The average molecular weight is 804 g/mol. The molecule has 1 N–H and O–H groups in total.